The van der Waals surface area contributed by atoms with Crippen LogP contribution in [0.4, 0.5) is 5.82 Å². The number of cyclic esters (lactones) is 1. The van der Waals surface area contributed by atoms with E-state index in [4.69, 9.17) is 62.9 Å². The molecule has 2 saturated heterocycles. The molecule has 4 aliphatic rings. The number of ketones is 4. The Bertz CT molecular complexity index is 4390. The number of amides is 2. The van der Waals surface area contributed by atoms with Gasteiger partial charge in [0.1, 0.15) is 59.5 Å². The Kier molecular flexibility index (Phi) is 42.1. The van der Waals surface area contributed by atoms with Crippen LogP contribution in [-0.2, 0) is 98.6 Å². The summed E-state index contributed by atoms with van der Waals surface area (Å²) in [4.78, 5) is 110. The first-order valence-electron chi connectivity index (χ1n) is 45.7. The number of anilines is 1. The van der Waals surface area contributed by atoms with Gasteiger partial charge in [-0.1, -0.05) is 82.7 Å². The number of carbonyl (C=O) groups excluding carboxylic acids is 7. The summed E-state index contributed by atoms with van der Waals surface area (Å²) in [5, 5.41) is 52.3. The van der Waals surface area contributed by atoms with Crippen LogP contribution in [-0.4, -0.2) is 263 Å². The highest BCUT2D eigenvalue weighted by molar-refractivity contribution is 6.39. The third-order valence-corrected chi connectivity index (χ3v) is 25.0. The number of ether oxygens (including phenoxy) is 11. The Labute approximate surface area is 741 Å². The molecule has 32 nitrogen and oxygen atoms in total. The molecule has 3 aliphatic heterocycles. The second-order valence-corrected chi connectivity index (χ2v) is 34.7. The van der Waals surface area contributed by atoms with Crippen molar-refractivity contribution in [1.82, 2.24) is 49.9 Å². The number of unbranched alkanes of at least 4 members (excludes halogenated alkanes) is 2. The lowest BCUT2D eigenvalue weighted by molar-refractivity contribution is -0.265. The molecule has 1 aliphatic carbocycles. The number of piperidine rings is 1. The van der Waals surface area contributed by atoms with Gasteiger partial charge in [-0.25, -0.2) is 24.1 Å². The van der Waals surface area contributed by atoms with Gasteiger partial charge in [0.25, 0.3) is 11.7 Å². The number of nitrogens with one attached hydrogen (secondary N) is 2. The molecule has 0 radical (unpaired) electrons. The third-order valence-electron chi connectivity index (χ3n) is 25.0. The highest BCUT2D eigenvalue weighted by Crippen LogP contribution is 2.41. The number of aromatic amines is 1. The number of hydrogen-bond donors (Lipinski definition) is 6. The number of H-pyrrole nitrogens is 1. The molecule has 1 aromatic carbocycles. The summed E-state index contributed by atoms with van der Waals surface area (Å²) in [6.45, 7) is 20.0. The molecule has 32 heteroatoms. The lowest BCUT2D eigenvalue weighted by atomic mass is 9.77. The van der Waals surface area contributed by atoms with Gasteiger partial charge in [0.2, 0.25) is 11.7 Å². The van der Waals surface area contributed by atoms with Crippen LogP contribution in [0.3, 0.4) is 0 Å². The molecule has 698 valence electrons. The summed E-state index contributed by atoms with van der Waals surface area (Å²) in [6, 6.07) is 5.78. The van der Waals surface area contributed by atoms with Crippen LogP contribution in [0.2, 0.25) is 0 Å². The number of carbonyl (C=O) groups is 7. The quantitative estimate of drug-likeness (QED) is 0.00914. The number of methoxy groups -OCH3 is 3. The van der Waals surface area contributed by atoms with Crippen molar-refractivity contribution in [1.29, 1.82) is 0 Å². The Morgan fingerprint density at radius 3 is 2.19 bits per heavy atom. The molecule has 2 amide bonds. The number of phenols is 1. The van der Waals surface area contributed by atoms with Crippen LogP contribution >= 0.6 is 0 Å². The number of aryl methyl sites for hydroxylation is 2. The summed E-state index contributed by atoms with van der Waals surface area (Å²) < 4.78 is 69.2. The predicted octanol–water partition coefficient (Wildman–Crippen LogP) is 11.5. The summed E-state index contributed by atoms with van der Waals surface area (Å²) >= 11 is 0. The van der Waals surface area contributed by atoms with E-state index in [1.54, 1.807) is 46.3 Å². The molecule has 5 aromatic rings. The van der Waals surface area contributed by atoms with Crippen molar-refractivity contribution in [3.05, 3.63) is 90.1 Å². The number of aromatic hydroxyl groups is 1. The molecule has 16 atom stereocenters. The van der Waals surface area contributed by atoms with Crippen molar-refractivity contribution in [2.24, 2.45) is 35.5 Å². The predicted molar refractivity (Wildman–Crippen MR) is 474 cm³/mol. The smallest absolute Gasteiger partial charge is 0.329 e. The minimum Gasteiger partial charge on any atom is -0.508 e. The fourth-order valence-electron chi connectivity index (χ4n) is 17.6. The van der Waals surface area contributed by atoms with E-state index in [2.05, 4.69) is 37.5 Å². The summed E-state index contributed by atoms with van der Waals surface area (Å²) in [6.07, 6.45) is 21.9. The first-order chi connectivity index (χ1) is 60.7. The molecule has 0 spiro atoms. The molecule has 3 fully saturated rings. The number of benzene rings is 1. The van der Waals surface area contributed by atoms with E-state index in [1.165, 1.54) is 18.3 Å². The molecular weight excluding hydrogens is 1620 g/mol. The molecule has 2 bridgehead atoms. The average molecular weight is 1760 g/mol. The van der Waals surface area contributed by atoms with Gasteiger partial charge >= 0.3 is 5.97 Å². The van der Waals surface area contributed by atoms with Crippen LogP contribution in [0.5, 0.6) is 5.75 Å². The first kappa shape index (κ1) is 101. The Morgan fingerprint density at radius 1 is 0.746 bits per heavy atom. The average Bonchev–Trinajstić information content (AvgIpc) is 1.53. The SMILES string of the molecule is CCO[C@@H]1C[C@@H]([C@H](C)C[C@@H]2CC[C@H](n3cc(CCCC(=O)NCCOCCOCCOCCC(=O)CCCOCCOCCC(=O)CCCCCn4nc(-c5cc6cc(O)ccc6[nH]5)c5c(N)ncnc54)nn3)[C@H](OC)C2)OC(=O)[C@@H]2CCCCN2C(=O)C(=O)[C@]2(O)O[C@@H](CC[C@H]2C)C[C@H](OC)/C(C)=C/C=C/C=C/[C@@H](C)C[C@@H](C)C(=O)[C@H](OC)[C@H](O)/C(C)=C/[C@H]1C. The van der Waals surface area contributed by atoms with E-state index in [0.717, 1.165) is 60.0 Å². The largest absolute Gasteiger partial charge is 0.508 e. The molecule has 7 heterocycles. The third kappa shape index (κ3) is 30.4. The zero-order valence-electron chi connectivity index (χ0n) is 76.1. The minimum atomic E-state index is -2.45. The van der Waals surface area contributed by atoms with E-state index < -0.39 is 77.9 Å². The van der Waals surface area contributed by atoms with E-state index in [0.29, 0.717) is 217 Å². The number of hydrogen-bond acceptors (Lipinski definition) is 27. The maximum Gasteiger partial charge on any atom is 0.329 e. The van der Waals surface area contributed by atoms with E-state index in [-0.39, 0.29) is 84.2 Å². The van der Waals surface area contributed by atoms with Gasteiger partial charge in [0.05, 0.1) is 107 Å². The summed E-state index contributed by atoms with van der Waals surface area (Å²) in [7, 11) is 4.71. The fourth-order valence-corrected chi connectivity index (χ4v) is 17.6. The zero-order chi connectivity index (χ0) is 90.7. The monoisotopic (exact) mass is 1760 g/mol. The van der Waals surface area contributed by atoms with Gasteiger partial charge in [-0.05, 0) is 170 Å². The Balaban J connectivity index is 0.638. The number of nitrogen functional groups attached to an aromatic ring is 1. The number of nitrogens with two attached hydrogens (primary N) is 1. The second kappa shape index (κ2) is 52.3. The zero-order valence-corrected chi connectivity index (χ0v) is 76.1. The number of aliphatic hydroxyl groups excluding tert-OH is 1. The van der Waals surface area contributed by atoms with Gasteiger partial charge < -0.3 is 88.4 Å². The second-order valence-electron chi connectivity index (χ2n) is 34.7. The van der Waals surface area contributed by atoms with Crippen molar-refractivity contribution in [2.75, 3.05) is 113 Å². The Morgan fingerprint density at radius 2 is 1.47 bits per heavy atom. The van der Waals surface area contributed by atoms with Crippen LogP contribution < -0.4 is 11.1 Å². The normalized spacial score (nSPS) is 27.2. The minimum absolute atomic E-state index is 0.0121. The van der Waals surface area contributed by atoms with Gasteiger partial charge in [-0.2, -0.15) is 5.10 Å². The molecular formula is C94H141N11O21. The highest BCUT2D eigenvalue weighted by atomic mass is 16.6. The van der Waals surface area contributed by atoms with E-state index in [9.17, 15) is 44.1 Å². The summed E-state index contributed by atoms with van der Waals surface area (Å²) in [5.74, 6) is -6.48. The maximum atomic E-state index is 15.0. The molecule has 9 rings (SSSR count). The fraction of sp³-hybridized carbons (Fsp3) is 0.681. The number of phenolic OH excluding ortho intramolecular Hbond substituents is 1. The van der Waals surface area contributed by atoms with Crippen molar-refractivity contribution >= 4 is 68.7 Å². The summed E-state index contributed by atoms with van der Waals surface area (Å²) in [5.41, 5.74) is 11.3. The number of aliphatic hydroxyl groups is 2. The van der Waals surface area contributed by atoms with Gasteiger partial charge in [-0.15, -0.1) is 5.10 Å². The number of rotatable bonds is 42. The van der Waals surface area contributed by atoms with Crippen LogP contribution in [0.25, 0.3) is 33.3 Å². The molecule has 1 saturated carbocycles. The number of allylic oxidation sites excluding steroid dienone is 5. The first-order valence-corrected chi connectivity index (χ1v) is 45.7. The number of nitrogens with zero attached hydrogens (tertiary/aromatic N) is 8. The van der Waals surface area contributed by atoms with Crippen LogP contribution in [0.1, 0.15) is 208 Å². The lowest BCUT2D eigenvalue weighted by Crippen LogP contribution is -2.61. The molecule has 0 unspecified atom stereocenters. The van der Waals surface area contributed by atoms with Crippen molar-refractivity contribution in [2.45, 2.75) is 270 Å². The van der Waals surface area contributed by atoms with E-state index >= 15 is 4.79 Å². The van der Waals surface area contributed by atoms with Crippen molar-refractivity contribution < 1.29 is 101 Å². The maximum absolute atomic E-state index is 15.0. The van der Waals surface area contributed by atoms with Crippen molar-refractivity contribution in [3.8, 4) is 17.1 Å². The highest BCUT2D eigenvalue weighted by Gasteiger charge is 2.53. The van der Waals surface area contributed by atoms with E-state index in [1.807, 2.05) is 92.7 Å². The van der Waals surface area contributed by atoms with Crippen LogP contribution in [0, 0.1) is 35.5 Å². The number of esters is 1. The topological polar surface area (TPSA) is 413 Å². The molecule has 126 heavy (non-hydrogen) atoms. The van der Waals surface area contributed by atoms with Crippen molar-refractivity contribution in [3.63, 3.8) is 0 Å². The number of fused-ring (bicyclic) bond motifs is 5. The number of aromatic nitrogens is 8. The van der Waals surface area contributed by atoms with Crippen LogP contribution in [0.15, 0.2) is 84.4 Å². The van der Waals surface area contributed by atoms with Gasteiger partial charge in [-0.3, -0.25) is 28.8 Å². The number of Topliss-reactive ketones (excluding diaryl/α,β-unsaturated/α-hetero) is 4. The molecule has 7 N–H and O–H groups in total. The van der Waals surface area contributed by atoms with Gasteiger partial charge in [0.15, 0.2) is 11.4 Å². The van der Waals surface area contributed by atoms with Gasteiger partial charge in [0, 0.05) is 134 Å². The lowest BCUT2D eigenvalue weighted by Gasteiger charge is -2.43. The Hall–Kier alpha value is -8.38. The standard InChI is InChI=1S/C94H141N11O21/c1-12-124-80-58-81(125-93(114)78-28-18-20-39-103(78)92(113)89(112)94(115)67(8)30-33-74(126-94)57-79(116-9)62(3)24-16-13-15-23-61(2)51-65(6)86(110)88(118-11)87(111)66(7)52-63(80)4)64(5)53-68-31-35-77(82(54-68)117-10)105-59-70(100-102-105)25-21-29-83(109)96-38-44-122-48-50-123-49-47-121-43-37-72(107)27-22-41-119-45-46-120-42-36-71(106)26-17-14-19-40-104-91-84(90(95)97-60-98-91)85(101-104)76-56-69-55-73(108)32-34-75(69)99-76/h13,15-16,23-24,32,34,52,55-56,59-61,63-65,67-68,74,77-82,87-88,99,108,111,115H,12,14,17-22,25-31,33,35-51,53-54,57-58H2,1-11H3,(H,96,109)(H2,95,97,98)/b16-13+,23-15+,62-24+,66-52+/t61-,63-,64-,65-,67-,68+,74+,77+,78+,79+,80-,81+,82-,87-,88+,94-/m1/s1. The molecule has 4 aromatic heterocycles.